The van der Waals surface area contributed by atoms with E-state index in [-0.39, 0.29) is 15.5 Å². The Bertz CT molecular complexity index is 731. The normalized spacial score (nSPS) is 12.3. The van der Waals surface area contributed by atoms with Crippen LogP contribution in [0.3, 0.4) is 0 Å². The molecule has 1 atom stereocenters. The molecule has 0 aromatic heterocycles. The molecule has 3 amide bonds. The van der Waals surface area contributed by atoms with Crippen LogP contribution < -0.4 is 11.1 Å². The molecular formula is C12H13ClN2O6S. The van der Waals surface area contributed by atoms with Crippen molar-refractivity contribution < 1.29 is 27.5 Å². The standard InChI is InChI=1S/C12H13ClN2O6S/c1-6(10(16)15-12(14)18)21-11(17)8-5-7(22(2,19)20)3-4-9(8)13/h3-6H,1-2H3,(H3,14,15,16,18). The van der Waals surface area contributed by atoms with Gasteiger partial charge in [0.1, 0.15) is 0 Å². The molecule has 0 saturated heterocycles. The van der Waals surface area contributed by atoms with Crippen LogP contribution in [0.15, 0.2) is 23.1 Å². The summed E-state index contributed by atoms with van der Waals surface area (Å²) in [5, 5.41) is 1.70. The fourth-order valence-corrected chi connectivity index (χ4v) is 2.23. The number of rotatable bonds is 4. The molecule has 10 heteroatoms. The van der Waals surface area contributed by atoms with Crippen molar-refractivity contribution >= 4 is 39.3 Å². The zero-order valence-electron chi connectivity index (χ0n) is 11.6. The first-order valence-corrected chi connectivity index (χ1v) is 8.10. The highest BCUT2D eigenvalue weighted by Crippen LogP contribution is 2.21. The molecule has 0 radical (unpaired) electrons. The van der Waals surface area contributed by atoms with Crippen molar-refractivity contribution in [2.24, 2.45) is 5.73 Å². The molecule has 3 N–H and O–H groups in total. The summed E-state index contributed by atoms with van der Waals surface area (Å²) in [5.74, 6) is -1.93. The quantitative estimate of drug-likeness (QED) is 0.760. The minimum Gasteiger partial charge on any atom is -0.449 e. The summed E-state index contributed by atoms with van der Waals surface area (Å²) >= 11 is 5.82. The number of nitrogens with one attached hydrogen (secondary N) is 1. The van der Waals surface area contributed by atoms with E-state index in [2.05, 4.69) is 0 Å². The number of esters is 1. The Morgan fingerprint density at radius 1 is 1.32 bits per heavy atom. The van der Waals surface area contributed by atoms with Crippen LogP contribution >= 0.6 is 11.6 Å². The summed E-state index contributed by atoms with van der Waals surface area (Å²) < 4.78 is 27.7. The van der Waals surface area contributed by atoms with Gasteiger partial charge in [-0.2, -0.15) is 0 Å². The lowest BCUT2D eigenvalue weighted by atomic mass is 10.2. The van der Waals surface area contributed by atoms with E-state index in [0.29, 0.717) is 0 Å². The molecule has 1 aromatic rings. The summed E-state index contributed by atoms with van der Waals surface area (Å²) in [6.07, 6.45) is -0.355. The van der Waals surface area contributed by atoms with Crippen molar-refractivity contribution in [2.75, 3.05) is 6.26 Å². The molecule has 0 bridgehead atoms. The zero-order chi connectivity index (χ0) is 17.1. The van der Waals surface area contributed by atoms with E-state index in [9.17, 15) is 22.8 Å². The van der Waals surface area contributed by atoms with Gasteiger partial charge < -0.3 is 10.5 Å². The molecule has 0 aliphatic rings. The van der Waals surface area contributed by atoms with Crippen molar-refractivity contribution in [2.45, 2.75) is 17.9 Å². The van der Waals surface area contributed by atoms with Gasteiger partial charge in [0.2, 0.25) is 0 Å². The smallest absolute Gasteiger partial charge is 0.340 e. The Hall–Kier alpha value is -2.13. The average Bonchev–Trinajstić information content (AvgIpc) is 2.36. The molecule has 1 rings (SSSR count). The van der Waals surface area contributed by atoms with Crippen molar-refractivity contribution in [1.82, 2.24) is 5.32 Å². The second-order valence-corrected chi connectivity index (χ2v) is 6.74. The van der Waals surface area contributed by atoms with Crippen LogP contribution in [-0.2, 0) is 19.4 Å². The summed E-state index contributed by atoms with van der Waals surface area (Å²) in [6, 6.07) is 2.41. The number of carbonyl (C=O) groups excluding carboxylic acids is 3. The maximum absolute atomic E-state index is 11.9. The number of amides is 3. The van der Waals surface area contributed by atoms with E-state index < -0.39 is 33.8 Å². The zero-order valence-corrected chi connectivity index (χ0v) is 13.2. The third-order valence-corrected chi connectivity index (χ3v) is 3.93. The molecule has 0 saturated carbocycles. The Kier molecular flexibility index (Phi) is 5.50. The molecule has 22 heavy (non-hydrogen) atoms. The van der Waals surface area contributed by atoms with Gasteiger partial charge in [-0.25, -0.2) is 18.0 Å². The lowest BCUT2D eigenvalue weighted by Crippen LogP contribution is -2.42. The van der Waals surface area contributed by atoms with E-state index in [1.54, 1.807) is 5.32 Å². The number of halogens is 1. The van der Waals surface area contributed by atoms with Crippen LogP contribution in [0.4, 0.5) is 4.79 Å². The van der Waals surface area contributed by atoms with Crippen molar-refractivity contribution in [3.8, 4) is 0 Å². The van der Waals surface area contributed by atoms with Crippen molar-refractivity contribution in [3.05, 3.63) is 28.8 Å². The number of hydrogen-bond donors (Lipinski definition) is 2. The molecule has 0 aliphatic carbocycles. The number of hydrogen-bond acceptors (Lipinski definition) is 6. The fraction of sp³-hybridized carbons (Fsp3) is 0.250. The Balaban J connectivity index is 2.99. The highest BCUT2D eigenvalue weighted by Gasteiger charge is 2.22. The van der Waals surface area contributed by atoms with Crippen LogP contribution in [0.25, 0.3) is 0 Å². The minimum absolute atomic E-state index is 0.0418. The number of nitrogens with two attached hydrogens (primary N) is 1. The number of imide groups is 1. The molecular weight excluding hydrogens is 336 g/mol. The van der Waals surface area contributed by atoms with Gasteiger partial charge in [-0.05, 0) is 25.1 Å². The van der Waals surface area contributed by atoms with Crippen molar-refractivity contribution in [1.29, 1.82) is 0 Å². The third-order valence-electron chi connectivity index (χ3n) is 2.49. The Labute approximate surface area is 131 Å². The maximum Gasteiger partial charge on any atom is 0.340 e. The first kappa shape index (κ1) is 17.9. The monoisotopic (exact) mass is 348 g/mol. The Morgan fingerprint density at radius 2 is 1.91 bits per heavy atom. The van der Waals surface area contributed by atoms with Gasteiger partial charge in [0, 0.05) is 6.26 Å². The highest BCUT2D eigenvalue weighted by atomic mass is 35.5. The number of sulfone groups is 1. The highest BCUT2D eigenvalue weighted by molar-refractivity contribution is 7.90. The molecule has 0 fully saturated rings. The maximum atomic E-state index is 11.9. The van der Waals surface area contributed by atoms with E-state index in [1.165, 1.54) is 19.1 Å². The van der Waals surface area contributed by atoms with Crippen LogP contribution in [0.5, 0.6) is 0 Å². The van der Waals surface area contributed by atoms with E-state index in [1.807, 2.05) is 0 Å². The topological polar surface area (TPSA) is 133 Å². The Morgan fingerprint density at radius 3 is 2.41 bits per heavy atom. The van der Waals surface area contributed by atoms with Crippen LogP contribution in [0.1, 0.15) is 17.3 Å². The summed E-state index contributed by atoms with van der Waals surface area (Å²) in [7, 11) is -3.54. The second kappa shape index (κ2) is 6.75. The second-order valence-electron chi connectivity index (χ2n) is 4.31. The van der Waals surface area contributed by atoms with Crippen LogP contribution in [0.2, 0.25) is 5.02 Å². The molecule has 8 nitrogen and oxygen atoms in total. The van der Waals surface area contributed by atoms with Gasteiger partial charge in [-0.15, -0.1) is 0 Å². The molecule has 0 spiro atoms. The van der Waals surface area contributed by atoms with Gasteiger partial charge in [-0.3, -0.25) is 10.1 Å². The fourth-order valence-electron chi connectivity index (χ4n) is 1.39. The summed E-state index contributed by atoms with van der Waals surface area (Å²) in [4.78, 5) is 33.8. The summed E-state index contributed by atoms with van der Waals surface area (Å²) in [5.41, 5.74) is 4.55. The molecule has 120 valence electrons. The lowest BCUT2D eigenvalue weighted by molar-refractivity contribution is -0.127. The first-order valence-electron chi connectivity index (χ1n) is 5.83. The van der Waals surface area contributed by atoms with Crippen LogP contribution in [-0.4, -0.2) is 38.7 Å². The number of carbonyl (C=O) groups is 3. The summed E-state index contributed by atoms with van der Waals surface area (Å²) in [6.45, 7) is 1.21. The molecule has 0 aliphatic heterocycles. The molecule has 1 unspecified atom stereocenters. The molecule has 1 aromatic carbocycles. The lowest BCUT2D eigenvalue weighted by Gasteiger charge is -2.13. The number of ether oxygens (including phenoxy) is 1. The van der Waals surface area contributed by atoms with Crippen LogP contribution in [0, 0.1) is 0 Å². The van der Waals surface area contributed by atoms with Gasteiger partial charge in [0.15, 0.2) is 15.9 Å². The predicted octanol–water partition coefficient (Wildman–Crippen LogP) is 0.484. The minimum atomic E-state index is -3.54. The SMILES string of the molecule is CC(OC(=O)c1cc(S(C)(=O)=O)ccc1Cl)C(=O)NC(N)=O. The number of urea groups is 1. The van der Waals surface area contributed by atoms with Crippen molar-refractivity contribution in [3.63, 3.8) is 0 Å². The van der Waals surface area contributed by atoms with E-state index in [4.69, 9.17) is 22.1 Å². The average molecular weight is 349 g/mol. The predicted molar refractivity (Wildman–Crippen MR) is 77.2 cm³/mol. The van der Waals surface area contributed by atoms with E-state index >= 15 is 0 Å². The number of primary amides is 1. The van der Waals surface area contributed by atoms with Gasteiger partial charge >= 0.3 is 12.0 Å². The van der Waals surface area contributed by atoms with Gasteiger partial charge in [-0.1, -0.05) is 11.6 Å². The third kappa shape index (κ3) is 4.71. The first-order chi connectivity index (χ1) is 10.0. The van der Waals surface area contributed by atoms with E-state index in [0.717, 1.165) is 12.3 Å². The number of benzene rings is 1. The van der Waals surface area contributed by atoms with Gasteiger partial charge in [0.05, 0.1) is 15.5 Å². The van der Waals surface area contributed by atoms with Gasteiger partial charge in [0.25, 0.3) is 5.91 Å². The molecule has 0 heterocycles. The largest absolute Gasteiger partial charge is 0.449 e.